The number of carbonyl (C=O) groups is 1. The summed E-state index contributed by atoms with van der Waals surface area (Å²) < 4.78 is 10.2. The molecule has 1 aromatic heterocycles. The van der Waals surface area contributed by atoms with Crippen LogP contribution in [0.25, 0.3) is 0 Å². The van der Waals surface area contributed by atoms with Crippen LogP contribution in [-0.4, -0.2) is 24.2 Å². The summed E-state index contributed by atoms with van der Waals surface area (Å²) in [5.41, 5.74) is 1.68. The summed E-state index contributed by atoms with van der Waals surface area (Å²) in [4.78, 5) is 24.8. The molecule has 0 saturated carbocycles. The largest absolute Gasteiger partial charge is 0.490 e. The SMILES string of the molecule is CC(=O)OCCOc1ccc(Cc2ccc[nH]c2=O)cc1. The molecule has 1 heterocycles. The van der Waals surface area contributed by atoms with Crippen molar-refractivity contribution in [3.8, 4) is 5.75 Å². The van der Waals surface area contributed by atoms with Crippen LogP contribution in [0.3, 0.4) is 0 Å². The number of hydrogen-bond acceptors (Lipinski definition) is 4. The second kappa shape index (κ2) is 7.28. The lowest BCUT2D eigenvalue weighted by molar-refractivity contribution is -0.141. The number of esters is 1. The molecule has 0 atom stereocenters. The first-order chi connectivity index (χ1) is 10.1. The molecule has 0 radical (unpaired) electrons. The number of pyridine rings is 1. The van der Waals surface area contributed by atoms with Crippen molar-refractivity contribution >= 4 is 5.97 Å². The van der Waals surface area contributed by atoms with Crippen molar-refractivity contribution in [3.05, 3.63) is 64.1 Å². The topological polar surface area (TPSA) is 68.4 Å². The highest BCUT2D eigenvalue weighted by Crippen LogP contribution is 2.14. The molecular weight excluding hydrogens is 270 g/mol. The lowest BCUT2D eigenvalue weighted by atomic mass is 10.1. The van der Waals surface area contributed by atoms with Crippen LogP contribution in [0.5, 0.6) is 5.75 Å². The van der Waals surface area contributed by atoms with Crippen molar-refractivity contribution in [2.45, 2.75) is 13.3 Å². The summed E-state index contributed by atoms with van der Waals surface area (Å²) >= 11 is 0. The molecule has 0 amide bonds. The summed E-state index contributed by atoms with van der Waals surface area (Å²) in [6, 6.07) is 11.1. The molecule has 5 nitrogen and oxygen atoms in total. The Morgan fingerprint density at radius 3 is 2.57 bits per heavy atom. The fourth-order valence-electron chi connectivity index (χ4n) is 1.86. The quantitative estimate of drug-likeness (QED) is 0.651. The maximum absolute atomic E-state index is 11.6. The predicted octanol–water partition coefficient (Wildman–Crippen LogP) is 1.91. The Labute approximate surface area is 122 Å². The van der Waals surface area contributed by atoms with Crippen molar-refractivity contribution < 1.29 is 14.3 Å². The van der Waals surface area contributed by atoms with E-state index in [1.165, 1.54) is 6.92 Å². The molecule has 1 N–H and O–H groups in total. The number of nitrogens with one attached hydrogen (secondary N) is 1. The van der Waals surface area contributed by atoms with E-state index in [-0.39, 0.29) is 18.1 Å². The number of H-pyrrole nitrogens is 1. The summed E-state index contributed by atoms with van der Waals surface area (Å²) in [6.45, 7) is 1.91. The van der Waals surface area contributed by atoms with Gasteiger partial charge >= 0.3 is 5.97 Å². The first-order valence-electron chi connectivity index (χ1n) is 6.67. The zero-order valence-electron chi connectivity index (χ0n) is 11.8. The van der Waals surface area contributed by atoms with E-state index >= 15 is 0 Å². The number of carbonyl (C=O) groups excluding carboxylic acids is 1. The number of aromatic amines is 1. The number of hydrogen-bond donors (Lipinski definition) is 1. The minimum Gasteiger partial charge on any atom is -0.490 e. The van der Waals surface area contributed by atoms with E-state index in [1.807, 2.05) is 36.4 Å². The molecule has 0 fully saturated rings. The van der Waals surface area contributed by atoms with E-state index in [2.05, 4.69) is 4.98 Å². The first-order valence-corrected chi connectivity index (χ1v) is 6.67. The Bertz CT molecular complexity index is 646. The Kier molecular flexibility index (Phi) is 5.15. The number of ether oxygens (including phenoxy) is 2. The lowest BCUT2D eigenvalue weighted by Crippen LogP contribution is -2.11. The van der Waals surface area contributed by atoms with Crippen LogP contribution < -0.4 is 10.3 Å². The van der Waals surface area contributed by atoms with Crippen LogP contribution in [0.4, 0.5) is 0 Å². The van der Waals surface area contributed by atoms with Crippen molar-refractivity contribution in [2.24, 2.45) is 0 Å². The Hall–Kier alpha value is -2.56. The predicted molar refractivity (Wildman–Crippen MR) is 78.4 cm³/mol. The second-order valence-corrected chi connectivity index (χ2v) is 4.53. The van der Waals surface area contributed by atoms with E-state index < -0.39 is 0 Å². The second-order valence-electron chi connectivity index (χ2n) is 4.53. The normalized spacial score (nSPS) is 10.1. The lowest BCUT2D eigenvalue weighted by Gasteiger charge is -2.07. The van der Waals surface area contributed by atoms with Crippen molar-refractivity contribution in [1.82, 2.24) is 4.98 Å². The monoisotopic (exact) mass is 287 g/mol. The van der Waals surface area contributed by atoms with E-state index in [4.69, 9.17) is 9.47 Å². The van der Waals surface area contributed by atoms with Gasteiger partial charge in [0.25, 0.3) is 5.56 Å². The van der Waals surface area contributed by atoms with Gasteiger partial charge in [0, 0.05) is 25.1 Å². The molecule has 5 heteroatoms. The fraction of sp³-hybridized carbons (Fsp3) is 0.250. The van der Waals surface area contributed by atoms with Gasteiger partial charge < -0.3 is 14.5 Å². The average molecular weight is 287 g/mol. The minimum absolute atomic E-state index is 0.0702. The standard InChI is InChI=1S/C16H17NO4/c1-12(18)20-9-10-21-15-6-4-13(5-7-15)11-14-3-2-8-17-16(14)19/h2-8H,9-11H2,1H3,(H,17,19). The third-order valence-electron chi connectivity index (χ3n) is 2.88. The summed E-state index contributed by atoms with van der Waals surface area (Å²) in [5.74, 6) is 0.384. The highest BCUT2D eigenvalue weighted by atomic mass is 16.6. The van der Waals surface area contributed by atoms with Gasteiger partial charge in [0.1, 0.15) is 19.0 Å². The van der Waals surface area contributed by atoms with Crippen LogP contribution in [-0.2, 0) is 16.0 Å². The molecule has 0 aliphatic heterocycles. The molecule has 2 rings (SSSR count). The Balaban J connectivity index is 1.89. The van der Waals surface area contributed by atoms with Crippen molar-refractivity contribution in [1.29, 1.82) is 0 Å². The molecule has 0 saturated heterocycles. The van der Waals surface area contributed by atoms with Gasteiger partial charge in [-0.3, -0.25) is 9.59 Å². The number of benzene rings is 1. The first kappa shape index (κ1) is 14.8. The highest BCUT2D eigenvalue weighted by Gasteiger charge is 2.01. The van der Waals surface area contributed by atoms with Gasteiger partial charge in [0.15, 0.2) is 0 Å². The molecule has 1 aromatic carbocycles. The molecule has 21 heavy (non-hydrogen) atoms. The van der Waals surface area contributed by atoms with Crippen LogP contribution in [0.1, 0.15) is 18.1 Å². The van der Waals surface area contributed by atoms with Gasteiger partial charge in [-0.2, -0.15) is 0 Å². The molecule has 2 aromatic rings. The Morgan fingerprint density at radius 1 is 1.14 bits per heavy atom. The molecular formula is C16H17NO4. The Morgan fingerprint density at radius 2 is 1.90 bits per heavy atom. The molecule has 0 aliphatic rings. The molecule has 0 spiro atoms. The number of rotatable bonds is 6. The van der Waals surface area contributed by atoms with Crippen LogP contribution in [0, 0.1) is 0 Å². The van der Waals surface area contributed by atoms with Crippen molar-refractivity contribution in [2.75, 3.05) is 13.2 Å². The minimum atomic E-state index is -0.318. The molecule has 0 aliphatic carbocycles. The third kappa shape index (κ3) is 4.80. The van der Waals surface area contributed by atoms with E-state index in [9.17, 15) is 9.59 Å². The van der Waals surface area contributed by atoms with Crippen LogP contribution in [0.2, 0.25) is 0 Å². The highest BCUT2D eigenvalue weighted by molar-refractivity contribution is 5.65. The summed E-state index contributed by atoms with van der Waals surface area (Å²) in [5, 5.41) is 0. The summed E-state index contributed by atoms with van der Waals surface area (Å²) in [7, 11) is 0. The smallest absolute Gasteiger partial charge is 0.302 e. The third-order valence-corrected chi connectivity index (χ3v) is 2.88. The molecule has 0 bridgehead atoms. The van der Waals surface area contributed by atoms with Crippen LogP contribution >= 0.6 is 0 Å². The van der Waals surface area contributed by atoms with Gasteiger partial charge in [-0.1, -0.05) is 18.2 Å². The van der Waals surface area contributed by atoms with Crippen molar-refractivity contribution in [3.63, 3.8) is 0 Å². The van der Waals surface area contributed by atoms with Gasteiger partial charge in [-0.15, -0.1) is 0 Å². The maximum Gasteiger partial charge on any atom is 0.302 e. The van der Waals surface area contributed by atoms with E-state index in [0.29, 0.717) is 18.8 Å². The van der Waals surface area contributed by atoms with Gasteiger partial charge in [0.2, 0.25) is 0 Å². The zero-order valence-corrected chi connectivity index (χ0v) is 11.8. The zero-order chi connectivity index (χ0) is 15.1. The average Bonchev–Trinajstić information content (AvgIpc) is 2.47. The number of aromatic nitrogens is 1. The molecule has 110 valence electrons. The van der Waals surface area contributed by atoms with Gasteiger partial charge in [-0.05, 0) is 23.8 Å². The van der Waals surface area contributed by atoms with Gasteiger partial charge in [0.05, 0.1) is 0 Å². The fourth-order valence-corrected chi connectivity index (χ4v) is 1.86. The van der Waals surface area contributed by atoms with Crippen LogP contribution in [0.15, 0.2) is 47.4 Å². The summed E-state index contributed by atoms with van der Waals surface area (Å²) in [6.07, 6.45) is 2.19. The maximum atomic E-state index is 11.6. The van der Waals surface area contributed by atoms with E-state index in [0.717, 1.165) is 11.1 Å². The van der Waals surface area contributed by atoms with Gasteiger partial charge in [-0.25, -0.2) is 0 Å². The molecule has 0 unspecified atom stereocenters. The van der Waals surface area contributed by atoms with E-state index in [1.54, 1.807) is 6.20 Å².